The SMILES string of the molecule is CCON(c1ccc(SC)cc1F)c1ccc(C)c(=O)n1C. The van der Waals surface area contributed by atoms with Crippen LogP contribution in [0.1, 0.15) is 12.5 Å². The van der Waals surface area contributed by atoms with E-state index in [0.29, 0.717) is 18.0 Å². The van der Waals surface area contributed by atoms with E-state index in [2.05, 4.69) is 0 Å². The molecule has 0 N–H and O–H groups in total. The average Bonchev–Trinajstić information content (AvgIpc) is 2.51. The highest BCUT2D eigenvalue weighted by molar-refractivity contribution is 7.98. The first kappa shape index (κ1) is 16.6. The van der Waals surface area contributed by atoms with E-state index >= 15 is 0 Å². The predicted molar refractivity (Wildman–Crippen MR) is 88.4 cm³/mol. The number of pyridine rings is 1. The molecule has 0 amide bonds. The predicted octanol–water partition coefficient (Wildman–Crippen LogP) is 3.64. The van der Waals surface area contributed by atoms with Crippen molar-refractivity contribution >= 4 is 23.3 Å². The van der Waals surface area contributed by atoms with Crippen LogP contribution < -0.4 is 10.6 Å². The summed E-state index contributed by atoms with van der Waals surface area (Å²) in [7, 11) is 1.64. The van der Waals surface area contributed by atoms with Crippen LogP contribution in [0.5, 0.6) is 0 Å². The van der Waals surface area contributed by atoms with Crippen molar-refractivity contribution in [3.63, 3.8) is 0 Å². The van der Waals surface area contributed by atoms with Gasteiger partial charge in [0.2, 0.25) is 0 Å². The molecule has 4 nitrogen and oxygen atoms in total. The Bertz CT molecular complexity index is 731. The fourth-order valence-corrected chi connectivity index (χ4v) is 2.55. The number of aromatic nitrogens is 1. The minimum absolute atomic E-state index is 0.136. The van der Waals surface area contributed by atoms with Crippen LogP contribution >= 0.6 is 11.8 Å². The second-order valence-corrected chi connectivity index (χ2v) is 5.65. The number of rotatable bonds is 5. The number of benzene rings is 1. The third-order valence-electron chi connectivity index (χ3n) is 3.31. The van der Waals surface area contributed by atoms with E-state index < -0.39 is 5.82 Å². The van der Waals surface area contributed by atoms with Gasteiger partial charge in [-0.25, -0.2) is 9.45 Å². The second kappa shape index (κ2) is 6.98. The summed E-state index contributed by atoms with van der Waals surface area (Å²) in [4.78, 5) is 18.5. The fraction of sp³-hybridized carbons (Fsp3) is 0.312. The number of hydrogen-bond donors (Lipinski definition) is 0. The van der Waals surface area contributed by atoms with Gasteiger partial charge < -0.3 is 0 Å². The van der Waals surface area contributed by atoms with Crippen molar-refractivity contribution in [1.29, 1.82) is 0 Å². The van der Waals surface area contributed by atoms with E-state index in [-0.39, 0.29) is 11.2 Å². The normalized spacial score (nSPS) is 10.8. The molecule has 2 rings (SSSR count). The average molecular weight is 322 g/mol. The Kier molecular flexibility index (Phi) is 5.26. The van der Waals surface area contributed by atoms with Crippen molar-refractivity contribution in [3.8, 4) is 0 Å². The van der Waals surface area contributed by atoms with Crippen molar-refractivity contribution in [2.24, 2.45) is 7.05 Å². The standard InChI is InChI=1S/C16H19FN2O2S/c1-5-21-19(14-8-7-12(22-4)10-13(14)17)15-9-6-11(2)16(20)18(15)3/h6-10H,5H2,1-4H3. The molecule has 0 unspecified atom stereocenters. The molecule has 0 radical (unpaired) electrons. The number of anilines is 2. The van der Waals surface area contributed by atoms with Crippen molar-refractivity contribution in [2.75, 3.05) is 17.9 Å². The van der Waals surface area contributed by atoms with E-state index in [1.54, 1.807) is 32.2 Å². The fourth-order valence-electron chi connectivity index (χ4n) is 2.12. The van der Waals surface area contributed by atoms with Gasteiger partial charge >= 0.3 is 0 Å². The van der Waals surface area contributed by atoms with E-state index in [4.69, 9.17) is 4.84 Å². The third-order valence-corrected chi connectivity index (χ3v) is 4.03. The highest BCUT2D eigenvalue weighted by atomic mass is 32.2. The minimum Gasteiger partial charge on any atom is -0.296 e. The maximum Gasteiger partial charge on any atom is 0.254 e. The molecule has 0 saturated carbocycles. The van der Waals surface area contributed by atoms with Gasteiger partial charge in [0.05, 0.1) is 6.61 Å². The number of halogens is 1. The van der Waals surface area contributed by atoms with Gasteiger partial charge in [-0.05, 0) is 44.4 Å². The Hall–Kier alpha value is -1.79. The zero-order valence-electron chi connectivity index (χ0n) is 13.1. The van der Waals surface area contributed by atoms with Gasteiger partial charge in [0.15, 0.2) is 0 Å². The Morgan fingerprint density at radius 2 is 2.05 bits per heavy atom. The molecule has 1 heterocycles. The highest BCUT2D eigenvalue weighted by Gasteiger charge is 2.18. The van der Waals surface area contributed by atoms with Crippen LogP contribution in [0.2, 0.25) is 0 Å². The quantitative estimate of drug-likeness (QED) is 0.622. The number of aryl methyl sites for hydroxylation is 1. The Labute approximate surface area is 133 Å². The molecule has 0 atom stereocenters. The lowest BCUT2D eigenvalue weighted by Crippen LogP contribution is -2.28. The summed E-state index contributed by atoms with van der Waals surface area (Å²) in [5, 5.41) is 1.36. The molecule has 0 fully saturated rings. The molecule has 0 aliphatic carbocycles. The van der Waals surface area contributed by atoms with Crippen LogP contribution in [0, 0.1) is 12.7 Å². The van der Waals surface area contributed by atoms with Crippen molar-refractivity contribution in [3.05, 3.63) is 52.1 Å². The summed E-state index contributed by atoms with van der Waals surface area (Å²) in [5.74, 6) is 0.0848. The molecule has 6 heteroatoms. The van der Waals surface area contributed by atoms with E-state index in [1.165, 1.54) is 27.5 Å². The van der Waals surface area contributed by atoms with Gasteiger partial charge in [-0.15, -0.1) is 11.8 Å². The van der Waals surface area contributed by atoms with E-state index in [9.17, 15) is 9.18 Å². The highest BCUT2D eigenvalue weighted by Crippen LogP contribution is 2.30. The first-order valence-corrected chi connectivity index (χ1v) is 8.15. The smallest absolute Gasteiger partial charge is 0.254 e. The van der Waals surface area contributed by atoms with Crippen LogP contribution in [0.15, 0.2) is 40.0 Å². The monoisotopic (exact) mass is 322 g/mol. The first-order chi connectivity index (χ1) is 10.5. The van der Waals surface area contributed by atoms with Gasteiger partial charge in [-0.1, -0.05) is 6.07 Å². The number of thioether (sulfide) groups is 1. The van der Waals surface area contributed by atoms with Crippen LogP contribution in [0.25, 0.3) is 0 Å². The second-order valence-electron chi connectivity index (χ2n) is 4.77. The molecular formula is C16H19FN2O2S. The summed E-state index contributed by atoms with van der Waals surface area (Å²) in [6.07, 6.45) is 1.89. The molecule has 0 aliphatic heterocycles. The Balaban J connectivity index is 2.56. The Morgan fingerprint density at radius 3 is 2.64 bits per heavy atom. The van der Waals surface area contributed by atoms with Gasteiger partial charge in [0, 0.05) is 17.5 Å². The third kappa shape index (κ3) is 3.18. The van der Waals surface area contributed by atoms with Gasteiger partial charge in [0.1, 0.15) is 17.3 Å². The Morgan fingerprint density at radius 1 is 1.32 bits per heavy atom. The topological polar surface area (TPSA) is 34.5 Å². The van der Waals surface area contributed by atoms with Crippen LogP contribution in [0.4, 0.5) is 15.9 Å². The van der Waals surface area contributed by atoms with Crippen LogP contribution in [0.3, 0.4) is 0 Å². The maximum atomic E-state index is 14.4. The lowest BCUT2D eigenvalue weighted by molar-refractivity contribution is 0.144. The summed E-state index contributed by atoms with van der Waals surface area (Å²) in [6, 6.07) is 8.38. The number of hydrogen-bond acceptors (Lipinski definition) is 4. The minimum atomic E-state index is -0.395. The molecule has 1 aromatic carbocycles. The molecule has 2 aromatic rings. The molecule has 0 saturated heterocycles. The molecular weight excluding hydrogens is 303 g/mol. The van der Waals surface area contributed by atoms with Crippen molar-refractivity contribution < 1.29 is 9.23 Å². The van der Waals surface area contributed by atoms with Gasteiger partial charge in [-0.3, -0.25) is 14.2 Å². The molecule has 0 aliphatic rings. The lowest BCUT2D eigenvalue weighted by atomic mass is 10.2. The number of nitrogens with zero attached hydrogens (tertiary/aromatic N) is 2. The summed E-state index contributed by atoms with van der Waals surface area (Å²) >= 11 is 1.47. The zero-order valence-corrected chi connectivity index (χ0v) is 13.9. The van der Waals surface area contributed by atoms with Crippen molar-refractivity contribution in [2.45, 2.75) is 18.7 Å². The van der Waals surface area contributed by atoms with Crippen LogP contribution in [-0.4, -0.2) is 17.4 Å². The molecule has 22 heavy (non-hydrogen) atoms. The van der Waals surface area contributed by atoms with Gasteiger partial charge in [-0.2, -0.15) is 0 Å². The maximum absolute atomic E-state index is 14.4. The zero-order chi connectivity index (χ0) is 16.3. The summed E-state index contributed by atoms with van der Waals surface area (Å²) in [5.41, 5.74) is 0.766. The van der Waals surface area contributed by atoms with E-state index in [1.807, 2.05) is 19.2 Å². The largest absolute Gasteiger partial charge is 0.296 e. The molecule has 1 aromatic heterocycles. The van der Waals surface area contributed by atoms with Crippen molar-refractivity contribution in [1.82, 2.24) is 4.57 Å². The molecule has 0 bridgehead atoms. The van der Waals surface area contributed by atoms with Gasteiger partial charge in [0.25, 0.3) is 5.56 Å². The first-order valence-electron chi connectivity index (χ1n) is 6.92. The molecule has 0 spiro atoms. The lowest BCUT2D eigenvalue weighted by Gasteiger charge is -2.25. The molecule has 118 valence electrons. The van der Waals surface area contributed by atoms with Crippen LogP contribution in [-0.2, 0) is 11.9 Å². The van der Waals surface area contributed by atoms with E-state index in [0.717, 1.165) is 4.90 Å². The summed E-state index contributed by atoms with van der Waals surface area (Å²) in [6.45, 7) is 3.91. The summed E-state index contributed by atoms with van der Waals surface area (Å²) < 4.78 is 15.8.